The molecule has 2 aliphatic rings. The molecule has 11 heteroatoms. The summed E-state index contributed by atoms with van der Waals surface area (Å²) >= 11 is 0. The quantitative estimate of drug-likeness (QED) is 0.361. The van der Waals surface area contributed by atoms with Crippen LogP contribution in [-0.4, -0.2) is 61.1 Å². The molecular weight excluding hydrogens is 550 g/mol. The van der Waals surface area contributed by atoms with Gasteiger partial charge in [-0.25, -0.2) is 4.39 Å². The van der Waals surface area contributed by atoms with Crippen molar-refractivity contribution in [3.63, 3.8) is 0 Å². The Kier molecular flexibility index (Phi) is 8.32. The summed E-state index contributed by atoms with van der Waals surface area (Å²) < 4.78 is 57.0. The summed E-state index contributed by atoms with van der Waals surface area (Å²) in [5, 5.41) is 2.61. The minimum atomic E-state index is -4.92. The monoisotopic (exact) mass is 585 g/mol. The number of hydrogen-bond acceptors (Lipinski definition) is 5. The zero-order chi connectivity index (χ0) is 30.2. The molecule has 2 saturated heterocycles. The third-order valence-corrected chi connectivity index (χ3v) is 8.41. The van der Waals surface area contributed by atoms with Crippen molar-refractivity contribution >= 4 is 23.0 Å². The maximum Gasteiger partial charge on any atom is 0.417 e. The van der Waals surface area contributed by atoms with E-state index in [9.17, 15) is 22.8 Å². The number of nitrogens with zero attached hydrogens (tertiary/aromatic N) is 3. The minimum Gasteiger partial charge on any atom is -0.372 e. The molecule has 7 nitrogen and oxygen atoms in total. The number of piperidine rings is 1. The van der Waals surface area contributed by atoms with Crippen molar-refractivity contribution in [1.29, 1.82) is 0 Å². The molecule has 1 amide bonds. The number of halogens is 4. The first-order chi connectivity index (χ1) is 19.9. The summed E-state index contributed by atoms with van der Waals surface area (Å²) in [5.74, 6) is -1.57. The second-order valence-electron chi connectivity index (χ2n) is 11.3. The third kappa shape index (κ3) is 6.16. The van der Waals surface area contributed by atoms with Crippen molar-refractivity contribution in [2.24, 2.45) is 0 Å². The first kappa shape index (κ1) is 29.6. The molecule has 42 heavy (non-hydrogen) atoms. The molecule has 0 radical (unpaired) electrons. The molecule has 2 aromatic carbocycles. The number of hydrogen-bond donors (Lipinski definition) is 2. The summed E-state index contributed by atoms with van der Waals surface area (Å²) in [4.78, 5) is 33.5. The molecule has 3 heterocycles. The predicted molar refractivity (Wildman–Crippen MR) is 157 cm³/mol. The first-order valence-electron chi connectivity index (χ1n) is 14.2. The zero-order valence-corrected chi connectivity index (χ0v) is 23.9. The topological polar surface area (TPSA) is 71.7 Å². The van der Waals surface area contributed by atoms with Gasteiger partial charge in [-0.05, 0) is 70.0 Å². The van der Waals surface area contributed by atoms with E-state index in [2.05, 4.69) is 20.1 Å². The number of aromatic nitrogens is 1. The van der Waals surface area contributed by atoms with Crippen LogP contribution in [-0.2, 0) is 6.18 Å². The van der Waals surface area contributed by atoms with E-state index < -0.39 is 34.6 Å². The van der Waals surface area contributed by atoms with Crippen molar-refractivity contribution in [2.75, 3.05) is 48.3 Å². The normalized spacial score (nSPS) is 20.1. The van der Waals surface area contributed by atoms with Gasteiger partial charge in [0.05, 0.1) is 22.5 Å². The number of rotatable bonds is 5. The lowest BCUT2D eigenvalue weighted by molar-refractivity contribution is -0.138. The van der Waals surface area contributed by atoms with Crippen LogP contribution in [0.15, 0.2) is 53.5 Å². The number of benzene rings is 2. The standard InChI is InChI=1S/C31H35F4N5O2/c1-19-17-40(18-20(2)38(19)3)28-15-26(32)23(21-7-9-22(10-8-21)39-11-5-4-6-12-39)13-27(28)37-30(42)24-16-36-29(41)14-25(24)31(33,34)35/h7-10,13-16,19-20H,4-6,11-12,17-18H2,1-3H3,(H,36,41)(H,37,42)/t19-,20+. The van der Waals surface area contributed by atoms with E-state index in [-0.39, 0.29) is 23.3 Å². The molecule has 2 fully saturated rings. The molecule has 2 atom stereocenters. The smallest absolute Gasteiger partial charge is 0.372 e. The average Bonchev–Trinajstić information content (AvgIpc) is 2.96. The number of aromatic amines is 1. The molecule has 0 aliphatic carbocycles. The molecule has 3 aromatic rings. The lowest BCUT2D eigenvalue weighted by atomic mass is 10.0. The molecule has 0 unspecified atom stereocenters. The summed E-state index contributed by atoms with van der Waals surface area (Å²) in [6.07, 6.45) is -0.722. The maximum atomic E-state index is 15.8. The number of likely N-dealkylation sites (N-methyl/N-ethyl adjacent to an activating group) is 1. The number of carbonyl (C=O) groups is 1. The first-order valence-corrected chi connectivity index (χ1v) is 14.2. The summed E-state index contributed by atoms with van der Waals surface area (Å²) in [5.41, 5.74) is -0.659. The molecule has 0 saturated carbocycles. The summed E-state index contributed by atoms with van der Waals surface area (Å²) in [6, 6.07) is 10.9. The van der Waals surface area contributed by atoms with Crippen LogP contribution in [0.5, 0.6) is 0 Å². The Morgan fingerprint density at radius 3 is 2.21 bits per heavy atom. The number of H-pyrrole nitrogens is 1. The van der Waals surface area contributed by atoms with Gasteiger partial charge in [-0.1, -0.05) is 12.1 Å². The Bertz CT molecular complexity index is 1490. The number of anilines is 3. The van der Waals surface area contributed by atoms with Crippen molar-refractivity contribution in [3.8, 4) is 11.1 Å². The van der Waals surface area contributed by atoms with Crippen LogP contribution < -0.4 is 20.7 Å². The van der Waals surface area contributed by atoms with Gasteiger partial charge in [-0.2, -0.15) is 13.2 Å². The maximum absolute atomic E-state index is 15.8. The van der Waals surface area contributed by atoms with Crippen molar-refractivity contribution in [2.45, 2.75) is 51.4 Å². The second kappa shape index (κ2) is 11.8. The highest BCUT2D eigenvalue weighted by Crippen LogP contribution is 2.38. The van der Waals surface area contributed by atoms with E-state index in [1.54, 1.807) is 0 Å². The fourth-order valence-corrected chi connectivity index (χ4v) is 5.83. The van der Waals surface area contributed by atoms with Crippen LogP contribution in [0.1, 0.15) is 49.0 Å². The van der Waals surface area contributed by atoms with Gasteiger partial charge < -0.3 is 20.1 Å². The summed E-state index contributed by atoms with van der Waals surface area (Å²) in [7, 11) is 2.00. The molecule has 0 spiro atoms. The van der Waals surface area contributed by atoms with Crippen molar-refractivity contribution in [1.82, 2.24) is 9.88 Å². The highest BCUT2D eigenvalue weighted by molar-refractivity contribution is 6.07. The van der Waals surface area contributed by atoms with Gasteiger partial charge in [-0.3, -0.25) is 14.5 Å². The molecule has 2 aliphatic heterocycles. The largest absolute Gasteiger partial charge is 0.417 e. The number of carbonyl (C=O) groups excluding carboxylic acids is 1. The van der Waals surface area contributed by atoms with Crippen LogP contribution in [0.25, 0.3) is 11.1 Å². The highest BCUT2D eigenvalue weighted by Gasteiger charge is 2.36. The number of alkyl halides is 3. The van der Waals surface area contributed by atoms with Gasteiger partial charge in [-0.15, -0.1) is 0 Å². The molecular formula is C31H35F4N5O2. The number of pyridine rings is 1. The Morgan fingerprint density at radius 1 is 0.952 bits per heavy atom. The van der Waals surface area contributed by atoms with Gasteiger partial charge in [0.2, 0.25) is 5.56 Å². The molecule has 0 bridgehead atoms. The van der Waals surface area contributed by atoms with Crippen LogP contribution in [0.3, 0.4) is 0 Å². The van der Waals surface area contributed by atoms with E-state index in [1.807, 2.05) is 50.1 Å². The predicted octanol–water partition coefficient (Wildman–Crippen LogP) is 5.97. The van der Waals surface area contributed by atoms with Crippen LogP contribution in [0.2, 0.25) is 0 Å². The lowest BCUT2D eigenvalue weighted by Crippen LogP contribution is -2.55. The SMILES string of the molecule is C[C@@H]1CN(c2cc(F)c(-c3ccc(N4CCCCC4)cc3)cc2NC(=O)c2c[nH]c(=O)cc2C(F)(F)F)C[C@H](C)N1C. The van der Waals surface area contributed by atoms with E-state index in [0.29, 0.717) is 30.4 Å². The highest BCUT2D eigenvalue weighted by atomic mass is 19.4. The van der Waals surface area contributed by atoms with E-state index in [0.717, 1.165) is 37.8 Å². The average molecular weight is 586 g/mol. The van der Waals surface area contributed by atoms with Crippen molar-refractivity contribution < 1.29 is 22.4 Å². The van der Waals surface area contributed by atoms with Crippen LogP contribution in [0, 0.1) is 5.82 Å². The number of nitrogens with one attached hydrogen (secondary N) is 2. The zero-order valence-electron chi connectivity index (χ0n) is 23.9. The third-order valence-electron chi connectivity index (χ3n) is 8.41. The Hall–Kier alpha value is -3.86. The Morgan fingerprint density at radius 2 is 1.60 bits per heavy atom. The Labute approximate surface area is 242 Å². The number of amides is 1. The van der Waals surface area contributed by atoms with Gasteiger partial charge in [0.1, 0.15) is 5.82 Å². The fraction of sp³-hybridized carbons (Fsp3) is 0.419. The molecule has 2 N–H and O–H groups in total. The van der Waals surface area contributed by atoms with Crippen molar-refractivity contribution in [3.05, 3.63) is 76.0 Å². The second-order valence-corrected chi connectivity index (χ2v) is 11.3. The van der Waals surface area contributed by atoms with E-state index in [4.69, 9.17) is 0 Å². The van der Waals surface area contributed by atoms with E-state index in [1.165, 1.54) is 18.6 Å². The van der Waals surface area contributed by atoms with Crippen LogP contribution >= 0.6 is 0 Å². The van der Waals surface area contributed by atoms with Gasteiger partial charge in [0.25, 0.3) is 5.91 Å². The molecule has 5 rings (SSSR count). The van der Waals surface area contributed by atoms with Gasteiger partial charge in [0, 0.05) is 61.8 Å². The molecule has 224 valence electrons. The molecule has 1 aromatic heterocycles. The Balaban J connectivity index is 1.54. The summed E-state index contributed by atoms with van der Waals surface area (Å²) in [6.45, 7) is 7.05. The lowest BCUT2D eigenvalue weighted by Gasteiger charge is -2.44. The number of piperazine rings is 1. The van der Waals surface area contributed by atoms with Gasteiger partial charge in [0.15, 0.2) is 0 Å². The van der Waals surface area contributed by atoms with Gasteiger partial charge >= 0.3 is 6.18 Å². The van der Waals surface area contributed by atoms with E-state index >= 15 is 4.39 Å². The minimum absolute atomic E-state index is 0.110. The fourth-order valence-electron chi connectivity index (χ4n) is 5.83. The van der Waals surface area contributed by atoms with Crippen LogP contribution in [0.4, 0.5) is 34.6 Å².